The number of methoxy groups -OCH3 is 2. The summed E-state index contributed by atoms with van der Waals surface area (Å²) in [6, 6.07) is 10.2. The third-order valence-corrected chi connectivity index (χ3v) is 3.61. The van der Waals surface area contributed by atoms with Gasteiger partial charge in [0.25, 0.3) is 0 Å². The highest BCUT2D eigenvalue weighted by atomic mass is 16.5. The molecule has 0 fully saturated rings. The SMILES string of the molecule is CCC(c1cc(OC)ccc1O)c1ccc(O)cc1OC. The second kappa shape index (κ2) is 6.39. The Morgan fingerprint density at radius 3 is 2.33 bits per heavy atom. The summed E-state index contributed by atoms with van der Waals surface area (Å²) < 4.78 is 10.6. The zero-order chi connectivity index (χ0) is 15.4. The largest absolute Gasteiger partial charge is 0.508 e. The van der Waals surface area contributed by atoms with Crippen LogP contribution in [-0.4, -0.2) is 24.4 Å². The molecule has 2 aromatic carbocycles. The van der Waals surface area contributed by atoms with E-state index in [1.807, 2.05) is 19.1 Å². The molecule has 0 radical (unpaired) electrons. The van der Waals surface area contributed by atoms with Crippen molar-refractivity contribution in [1.82, 2.24) is 0 Å². The summed E-state index contributed by atoms with van der Waals surface area (Å²) in [4.78, 5) is 0. The van der Waals surface area contributed by atoms with Crippen LogP contribution in [0.15, 0.2) is 36.4 Å². The van der Waals surface area contributed by atoms with Crippen molar-refractivity contribution >= 4 is 0 Å². The van der Waals surface area contributed by atoms with Gasteiger partial charge in [0.2, 0.25) is 0 Å². The Morgan fingerprint density at radius 2 is 1.71 bits per heavy atom. The molecule has 0 aliphatic carbocycles. The molecule has 2 N–H and O–H groups in total. The van der Waals surface area contributed by atoms with E-state index in [0.717, 1.165) is 17.5 Å². The van der Waals surface area contributed by atoms with Crippen LogP contribution in [0.25, 0.3) is 0 Å². The predicted octanol–water partition coefficient (Wildman–Crippen LogP) is 3.66. The molecule has 2 rings (SSSR count). The fraction of sp³-hybridized carbons (Fsp3) is 0.294. The molecule has 0 aliphatic rings. The van der Waals surface area contributed by atoms with Crippen molar-refractivity contribution in [3.8, 4) is 23.0 Å². The van der Waals surface area contributed by atoms with Crippen molar-refractivity contribution in [2.45, 2.75) is 19.3 Å². The van der Waals surface area contributed by atoms with Crippen LogP contribution < -0.4 is 9.47 Å². The molecule has 0 bridgehead atoms. The number of rotatable bonds is 5. The molecule has 1 unspecified atom stereocenters. The summed E-state index contributed by atoms with van der Waals surface area (Å²) in [5.74, 6) is 1.62. The maximum atomic E-state index is 10.2. The molecule has 0 saturated carbocycles. The lowest BCUT2D eigenvalue weighted by molar-refractivity contribution is 0.397. The molecule has 0 spiro atoms. The van der Waals surface area contributed by atoms with E-state index in [2.05, 4.69) is 0 Å². The summed E-state index contributed by atoms with van der Waals surface area (Å²) in [5.41, 5.74) is 1.70. The second-order valence-electron chi connectivity index (χ2n) is 4.81. The van der Waals surface area contributed by atoms with Gasteiger partial charge in [0, 0.05) is 23.1 Å². The van der Waals surface area contributed by atoms with Gasteiger partial charge in [-0.2, -0.15) is 0 Å². The van der Waals surface area contributed by atoms with Crippen LogP contribution in [0.2, 0.25) is 0 Å². The number of benzene rings is 2. The summed E-state index contributed by atoms with van der Waals surface area (Å²) in [5, 5.41) is 19.7. The topological polar surface area (TPSA) is 58.9 Å². The highest BCUT2D eigenvalue weighted by molar-refractivity contribution is 5.50. The first-order valence-corrected chi connectivity index (χ1v) is 6.84. The van der Waals surface area contributed by atoms with Gasteiger partial charge in [-0.3, -0.25) is 0 Å². The summed E-state index contributed by atoms with van der Waals surface area (Å²) in [7, 11) is 3.16. The first-order valence-electron chi connectivity index (χ1n) is 6.84. The summed E-state index contributed by atoms with van der Waals surface area (Å²) in [6.07, 6.45) is 0.780. The number of ether oxygens (including phenoxy) is 2. The number of hydrogen-bond donors (Lipinski definition) is 2. The number of phenols is 2. The van der Waals surface area contributed by atoms with Gasteiger partial charge in [-0.05, 0) is 30.7 Å². The number of aromatic hydroxyl groups is 2. The van der Waals surface area contributed by atoms with Crippen molar-refractivity contribution in [2.24, 2.45) is 0 Å². The van der Waals surface area contributed by atoms with Crippen LogP contribution in [0.3, 0.4) is 0 Å². The Balaban J connectivity index is 2.54. The van der Waals surface area contributed by atoms with E-state index in [1.54, 1.807) is 38.5 Å². The fourth-order valence-electron chi connectivity index (χ4n) is 2.53. The maximum Gasteiger partial charge on any atom is 0.126 e. The first kappa shape index (κ1) is 15.0. The van der Waals surface area contributed by atoms with Crippen molar-refractivity contribution in [3.63, 3.8) is 0 Å². The van der Waals surface area contributed by atoms with Gasteiger partial charge in [0.05, 0.1) is 14.2 Å². The Bertz CT molecular complexity index is 622. The van der Waals surface area contributed by atoms with Crippen LogP contribution in [-0.2, 0) is 0 Å². The quantitative estimate of drug-likeness (QED) is 0.881. The highest BCUT2D eigenvalue weighted by Gasteiger charge is 2.20. The molecule has 4 heteroatoms. The molecular formula is C17H20O4. The maximum absolute atomic E-state index is 10.2. The minimum Gasteiger partial charge on any atom is -0.508 e. The smallest absolute Gasteiger partial charge is 0.126 e. The minimum absolute atomic E-state index is 0.0457. The minimum atomic E-state index is -0.0457. The van der Waals surface area contributed by atoms with E-state index in [9.17, 15) is 10.2 Å². The normalized spacial score (nSPS) is 12.0. The van der Waals surface area contributed by atoms with Crippen LogP contribution >= 0.6 is 0 Å². The molecule has 0 amide bonds. The van der Waals surface area contributed by atoms with Gasteiger partial charge in [-0.25, -0.2) is 0 Å². The van der Waals surface area contributed by atoms with E-state index in [1.165, 1.54) is 0 Å². The average molecular weight is 288 g/mol. The van der Waals surface area contributed by atoms with E-state index >= 15 is 0 Å². The molecule has 21 heavy (non-hydrogen) atoms. The molecule has 0 aliphatic heterocycles. The lowest BCUT2D eigenvalue weighted by atomic mass is 9.87. The third-order valence-electron chi connectivity index (χ3n) is 3.61. The average Bonchev–Trinajstić information content (AvgIpc) is 2.50. The van der Waals surface area contributed by atoms with Gasteiger partial charge in [-0.1, -0.05) is 13.0 Å². The zero-order valence-corrected chi connectivity index (χ0v) is 12.5. The van der Waals surface area contributed by atoms with Gasteiger partial charge in [0.1, 0.15) is 23.0 Å². The predicted molar refractivity (Wildman–Crippen MR) is 81.5 cm³/mol. The Morgan fingerprint density at radius 1 is 0.952 bits per heavy atom. The monoisotopic (exact) mass is 288 g/mol. The van der Waals surface area contributed by atoms with E-state index < -0.39 is 0 Å². The first-order chi connectivity index (χ1) is 10.1. The molecule has 112 valence electrons. The fourth-order valence-corrected chi connectivity index (χ4v) is 2.53. The van der Waals surface area contributed by atoms with Crippen LogP contribution in [0.1, 0.15) is 30.4 Å². The molecule has 0 saturated heterocycles. The molecule has 4 nitrogen and oxygen atoms in total. The zero-order valence-electron chi connectivity index (χ0n) is 12.5. The Hall–Kier alpha value is -2.36. The van der Waals surface area contributed by atoms with Gasteiger partial charge >= 0.3 is 0 Å². The molecule has 1 atom stereocenters. The van der Waals surface area contributed by atoms with Crippen molar-refractivity contribution in [2.75, 3.05) is 14.2 Å². The van der Waals surface area contributed by atoms with Crippen LogP contribution in [0, 0.1) is 0 Å². The van der Waals surface area contributed by atoms with E-state index in [0.29, 0.717) is 11.5 Å². The van der Waals surface area contributed by atoms with Gasteiger partial charge in [-0.15, -0.1) is 0 Å². The lowest BCUT2D eigenvalue weighted by Crippen LogP contribution is -2.03. The highest BCUT2D eigenvalue weighted by Crippen LogP contribution is 2.40. The molecule has 0 aromatic heterocycles. The number of hydrogen-bond acceptors (Lipinski definition) is 4. The van der Waals surface area contributed by atoms with Gasteiger partial charge in [0.15, 0.2) is 0 Å². The van der Waals surface area contributed by atoms with E-state index in [4.69, 9.17) is 9.47 Å². The van der Waals surface area contributed by atoms with Crippen LogP contribution in [0.5, 0.6) is 23.0 Å². The second-order valence-corrected chi connectivity index (χ2v) is 4.81. The number of phenolic OH excluding ortho intramolecular Hbond substituents is 2. The van der Waals surface area contributed by atoms with Crippen LogP contribution in [0.4, 0.5) is 0 Å². The van der Waals surface area contributed by atoms with Gasteiger partial charge < -0.3 is 19.7 Å². The van der Waals surface area contributed by atoms with E-state index in [-0.39, 0.29) is 17.4 Å². The molecule has 2 aromatic rings. The van der Waals surface area contributed by atoms with Crippen molar-refractivity contribution < 1.29 is 19.7 Å². The summed E-state index contributed by atoms with van der Waals surface area (Å²) in [6.45, 7) is 2.04. The van der Waals surface area contributed by atoms with Crippen molar-refractivity contribution in [1.29, 1.82) is 0 Å². The lowest BCUT2D eigenvalue weighted by Gasteiger charge is -2.20. The third kappa shape index (κ3) is 3.05. The Kier molecular flexibility index (Phi) is 4.58. The molecule has 0 heterocycles. The van der Waals surface area contributed by atoms with Crippen molar-refractivity contribution in [3.05, 3.63) is 47.5 Å². The molecular weight excluding hydrogens is 268 g/mol. The summed E-state index contributed by atoms with van der Waals surface area (Å²) >= 11 is 0. The standard InChI is InChI=1S/C17H20O4/c1-4-13(14-7-5-11(18)9-17(14)21-3)15-10-12(20-2)6-8-16(15)19/h5-10,13,18-19H,4H2,1-3H3. The Labute approximate surface area is 124 Å².